The van der Waals surface area contributed by atoms with Crippen molar-refractivity contribution >= 4 is 21.6 Å². The minimum atomic E-state index is -0.417. The molecule has 0 atom stereocenters. The van der Waals surface area contributed by atoms with E-state index in [1.54, 1.807) is 18.2 Å². The molecule has 82 valence electrons. The van der Waals surface area contributed by atoms with Crippen molar-refractivity contribution in [2.75, 3.05) is 0 Å². The van der Waals surface area contributed by atoms with Crippen molar-refractivity contribution in [1.29, 1.82) is 0 Å². The van der Waals surface area contributed by atoms with Gasteiger partial charge in [-0.25, -0.2) is 0 Å². The summed E-state index contributed by atoms with van der Waals surface area (Å²) in [4.78, 5) is 9.59. The molecule has 0 saturated carbocycles. The van der Waals surface area contributed by atoms with Crippen molar-refractivity contribution in [2.24, 2.45) is 0 Å². The Morgan fingerprint density at radius 3 is 1.56 bits per heavy atom. The largest absolute Gasteiger partial charge is 0.269 e. The summed E-state index contributed by atoms with van der Waals surface area (Å²) >= 11 is 3.31. The molecular formula is C12H10BrNO2. The van der Waals surface area contributed by atoms with E-state index in [0.717, 1.165) is 4.47 Å². The van der Waals surface area contributed by atoms with Gasteiger partial charge in [-0.1, -0.05) is 52.3 Å². The second kappa shape index (κ2) is 6.74. The van der Waals surface area contributed by atoms with Crippen molar-refractivity contribution in [3.63, 3.8) is 0 Å². The number of rotatable bonds is 1. The van der Waals surface area contributed by atoms with Crippen LogP contribution in [0.2, 0.25) is 0 Å². The third-order valence-corrected chi connectivity index (χ3v) is 2.23. The maximum absolute atomic E-state index is 10.0. The van der Waals surface area contributed by atoms with E-state index < -0.39 is 4.92 Å². The third-order valence-electron chi connectivity index (χ3n) is 1.70. The summed E-state index contributed by atoms with van der Waals surface area (Å²) in [6.45, 7) is 0. The molecule has 16 heavy (non-hydrogen) atoms. The van der Waals surface area contributed by atoms with Crippen LogP contribution in [0, 0.1) is 10.1 Å². The predicted octanol–water partition coefficient (Wildman–Crippen LogP) is 4.04. The van der Waals surface area contributed by atoms with Crippen LogP contribution < -0.4 is 0 Å². The van der Waals surface area contributed by atoms with E-state index in [1.807, 2.05) is 30.3 Å². The smallest absolute Gasteiger partial charge is 0.258 e. The zero-order valence-electron chi connectivity index (χ0n) is 8.42. The molecule has 0 N–H and O–H groups in total. The standard InChI is InChI=1S/C6H5Br.C6H5NO2/c7-6-4-2-1-3-5-6;8-7(9)6-4-2-1-3-5-6/h1-5H;1-5H. The van der Waals surface area contributed by atoms with Crippen LogP contribution in [0.5, 0.6) is 0 Å². The molecule has 0 heterocycles. The van der Waals surface area contributed by atoms with Crippen LogP contribution in [0.3, 0.4) is 0 Å². The molecule has 0 aliphatic rings. The minimum Gasteiger partial charge on any atom is -0.258 e. The van der Waals surface area contributed by atoms with E-state index in [4.69, 9.17) is 0 Å². The van der Waals surface area contributed by atoms with Crippen LogP contribution in [0.1, 0.15) is 0 Å². The number of nitro benzene ring substituents is 1. The number of para-hydroxylation sites is 1. The van der Waals surface area contributed by atoms with Crippen molar-refractivity contribution < 1.29 is 4.92 Å². The fourth-order valence-corrected chi connectivity index (χ4v) is 1.27. The Morgan fingerprint density at radius 1 is 0.875 bits per heavy atom. The molecule has 4 heteroatoms. The Labute approximate surface area is 102 Å². The van der Waals surface area contributed by atoms with Gasteiger partial charge in [-0.2, -0.15) is 0 Å². The highest BCUT2D eigenvalue weighted by atomic mass is 79.9. The number of benzene rings is 2. The van der Waals surface area contributed by atoms with Gasteiger partial charge in [0.15, 0.2) is 0 Å². The van der Waals surface area contributed by atoms with Crippen LogP contribution >= 0.6 is 15.9 Å². The highest BCUT2D eigenvalue weighted by molar-refractivity contribution is 9.10. The summed E-state index contributed by atoms with van der Waals surface area (Å²) in [5, 5.41) is 10.0. The van der Waals surface area contributed by atoms with Gasteiger partial charge in [-0.3, -0.25) is 10.1 Å². The molecule has 0 aliphatic heterocycles. The first-order valence-corrected chi connectivity index (χ1v) is 5.39. The topological polar surface area (TPSA) is 43.1 Å². The highest BCUT2D eigenvalue weighted by Crippen LogP contribution is 2.06. The normalized spacial score (nSPS) is 8.81. The summed E-state index contributed by atoms with van der Waals surface area (Å²) in [6.07, 6.45) is 0. The molecule has 2 aromatic carbocycles. The van der Waals surface area contributed by atoms with Gasteiger partial charge < -0.3 is 0 Å². The van der Waals surface area contributed by atoms with Gasteiger partial charge in [0.2, 0.25) is 0 Å². The fraction of sp³-hybridized carbons (Fsp3) is 0. The van der Waals surface area contributed by atoms with Crippen LogP contribution in [0.4, 0.5) is 5.69 Å². The Morgan fingerprint density at radius 2 is 1.31 bits per heavy atom. The molecule has 0 aromatic heterocycles. The lowest BCUT2D eigenvalue weighted by atomic mass is 10.3. The van der Waals surface area contributed by atoms with E-state index in [9.17, 15) is 10.1 Å². The predicted molar refractivity (Wildman–Crippen MR) is 67.2 cm³/mol. The summed E-state index contributed by atoms with van der Waals surface area (Å²) < 4.78 is 1.13. The Hall–Kier alpha value is -1.68. The maximum Gasteiger partial charge on any atom is 0.269 e. The molecule has 0 unspecified atom stereocenters. The van der Waals surface area contributed by atoms with Crippen LogP contribution in [0.25, 0.3) is 0 Å². The average molecular weight is 280 g/mol. The number of halogens is 1. The number of nitro groups is 1. The van der Waals surface area contributed by atoms with Gasteiger partial charge in [-0.15, -0.1) is 0 Å². The second-order valence-electron chi connectivity index (χ2n) is 2.89. The van der Waals surface area contributed by atoms with E-state index in [2.05, 4.69) is 15.9 Å². The third kappa shape index (κ3) is 4.70. The van der Waals surface area contributed by atoms with Gasteiger partial charge >= 0.3 is 0 Å². The molecule has 0 saturated heterocycles. The van der Waals surface area contributed by atoms with Crippen molar-refractivity contribution in [2.45, 2.75) is 0 Å². The number of hydrogen-bond acceptors (Lipinski definition) is 2. The first-order chi connectivity index (χ1) is 7.70. The molecule has 3 nitrogen and oxygen atoms in total. The quantitative estimate of drug-likeness (QED) is 0.584. The van der Waals surface area contributed by atoms with Crippen molar-refractivity contribution in [3.05, 3.63) is 75.3 Å². The Bertz CT molecular complexity index is 431. The summed E-state index contributed by atoms with van der Waals surface area (Å²) in [7, 11) is 0. The van der Waals surface area contributed by atoms with Crippen LogP contribution in [-0.2, 0) is 0 Å². The second-order valence-corrected chi connectivity index (χ2v) is 3.80. The number of nitrogens with zero attached hydrogens (tertiary/aromatic N) is 1. The first-order valence-electron chi connectivity index (χ1n) is 4.60. The molecule has 0 bridgehead atoms. The SMILES string of the molecule is Brc1ccccc1.O=[N+]([O-])c1ccccc1. The zero-order valence-corrected chi connectivity index (χ0v) is 10.0. The first kappa shape index (κ1) is 12.4. The van der Waals surface area contributed by atoms with E-state index in [-0.39, 0.29) is 5.69 Å². The lowest BCUT2D eigenvalue weighted by molar-refractivity contribution is -0.384. The number of hydrogen-bond donors (Lipinski definition) is 0. The fourth-order valence-electron chi connectivity index (χ4n) is 0.964. The molecular weight excluding hydrogens is 270 g/mol. The van der Waals surface area contributed by atoms with Gasteiger partial charge in [0.1, 0.15) is 0 Å². The van der Waals surface area contributed by atoms with Crippen molar-refractivity contribution in [1.82, 2.24) is 0 Å². The lowest BCUT2D eigenvalue weighted by Gasteiger charge is -1.85. The lowest BCUT2D eigenvalue weighted by Crippen LogP contribution is -1.84. The maximum atomic E-state index is 10.0. The van der Waals surface area contributed by atoms with Crippen LogP contribution in [0.15, 0.2) is 65.1 Å². The molecule has 0 radical (unpaired) electrons. The van der Waals surface area contributed by atoms with Gasteiger partial charge in [0.05, 0.1) is 4.92 Å². The average Bonchev–Trinajstić information content (AvgIpc) is 2.32. The molecule has 0 amide bonds. The Kier molecular flexibility index (Phi) is 5.22. The summed E-state index contributed by atoms with van der Waals surface area (Å²) in [6, 6.07) is 17.9. The summed E-state index contributed by atoms with van der Waals surface area (Å²) in [5.41, 5.74) is 0.137. The van der Waals surface area contributed by atoms with E-state index >= 15 is 0 Å². The highest BCUT2D eigenvalue weighted by Gasteiger charge is 1.98. The van der Waals surface area contributed by atoms with E-state index in [0.29, 0.717) is 0 Å². The van der Waals surface area contributed by atoms with Gasteiger partial charge in [0, 0.05) is 16.6 Å². The monoisotopic (exact) mass is 279 g/mol. The molecule has 2 aromatic rings. The van der Waals surface area contributed by atoms with Gasteiger partial charge in [0.25, 0.3) is 5.69 Å². The van der Waals surface area contributed by atoms with Crippen LogP contribution in [-0.4, -0.2) is 4.92 Å². The molecule has 0 aliphatic carbocycles. The number of non-ortho nitro benzene ring substituents is 1. The Balaban J connectivity index is 0.000000165. The minimum absolute atomic E-state index is 0.137. The zero-order chi connectivity index (χ0) is 11.8. The summed E-state index contributed by atoms with van der Waals surface area (Å²) in [5.74, 6) is 0. The van der Waals surface area contributed by atoms with E-state index in [1.165, 1.54) is 12.1 Å². The molecule has 2 rings (SSSR count). The molecule has 0 fully saturated rings. The molecule has 0 spiro atoms. The van der Waals surface area contributed by atoms with Crippen molar-refractivity contribution in [3.8, 4) is 0 Å². The van der Waals surface area contributed by atoms with Gasteiger partial charge in [-0.05, 0) is 12.1 Å².